The van der Waals surface area contributed by atoms with Gasteiger partial charge in [-0.2, -0.15) is 8.78 Å². The lowest BCUT2D eigenvalue weighted by molar-refractivity contribution is 0.150. The molecule has 0 aliphatic heterocycles. The van der Waals surface area contributed by atoms with E-state index in [2.05, 4.69) is 4.31 Å². The van der Waals surface area contributed by atoms with Gasteiger partial charge in [0.2, 0.25) is 7.37 Å². The van der Waals surface area contributed by atoms with Crippen molar-refractivity contribution in [3.63, 3.8) is 0 Å². The van der Waals surface area contributed by atoms with Crippen molar-refractivity contribution in [2.24, 2.45) is 0 Å². The van der Waals surface area contributed by atoms with Crippen molar-refractivity contribution in [3.8, 4) is 0 Å². The fourth-order valence-electron chi connectivity index (χ4n) is 0.761. The molecule has 15 heavy (non-hydrogen) atoms. The Balaban J connectivity index is 5.32. The minimum absolute atomic E-state index is 0.378. The largest absolute Gasteiger partial charge is 0.393 e. The van der Waals surface area contributed by atoms with Crippen LogP contribution in [0.4, 0.5) is 8.78 Å². The first-order valence-electron chi connectivity index (χ1n) is 3.73. The molecule has 92 valence electrons. The van der Waals surface area contributed by atoms with Gasteiger partial charge in [-0.3, -0.25) is 18.0 Å². The first-order valence-corrected chi connectivity index (χ1v) is 10.4. The number of halogens is 2. The van der Waals surface area contributed by atoms with Crippen LogP contribution in [0.5, 0.6) is 0 Å². The average molecular weight is 284 g/mol. The molecule has 0 rings (SSSR count). The zero-order valence-electron chi connectivity index (χ0n) is 8.68. The summed E-state index contributed by atoms with van der Waals surface area (Å²) in [5.41, 5.74) is 0. The summed E-state index contributed by atoms with van der Waals surface area (Å²) in [6, 6.07) is 0. The second-order valence-corrected chi connectivity index (χ2v) is 11.7. The van der Waals surface area contributed by atoms with Crippen LogP contribution in [-0.4, -0.2) is 37.0 Å². The molecule has 0 spiro atoms. The highest BCUT2D eigenvalue weighted by Gasteiger charge is 2.60. The summed E-state index contributed by atoms with van der Waals surface area (Å²) in [7, 11) is -13.1. The average Bonchev–Trinajstić information content (AvgIpc) is 1.77. The van der Waals surface area contributed by atoms with E-state index in [1.165, 1.54) is 0 Å². The smallest absolute Gasteiger partial charge is 0.340 e. The zero-order valence-corrected chi connectivity index (χ0v) is 11.4. The van der Waals surface area contributed by atoms with Crippen LogP contribution >= 0.6 is 22.1 Å². The maximum Gasteiger partial charge on any atom is 0.393 e. The van der Waals surface area contributed by atoms with Crippen LogP contribution in [-0.2, 0) is 18.0 Å². The Bertz CT molecular complexity index is 380. The van der Waals surface area contributed by atoms with E-state index in [9.17, 15) is 22.5 Å². The monoisotopic (exact) mass is 284 g/mol. The Kier molecular flexibility index (Phi) is 4.17. The van der Waals surface area contributed by atoms with Crippen molar-refractivity contribution in [2.45, 2.75) is 5.40 Å². The highest BCUT2D eigenvalue weighted by molar-refractivity contribution is 7.80. The van der Waals surface area contributed by atoms with Crippen LogP contribution in [0.1, 0.15) is 0 Å². The molecule has 0 saturated carbocycles. The van der Waals surface area contributed by atoms with Gasteiger partial charge < -0.3 is 4.89 Å². The number of hydrogen-bond acceptors (Lipinski definition) is 4. The number of hydrogen-bond donors (Lipinski definition) is 1. The van der Waals surface area contributed by atoms with E-state index in [4.69, 9.17) is 4.89 Å². The molecule has 0 amide bonds. The van der Waals surface area contributed by atoms with E-state index in [0.29, 0.717) is 13.3 Å². The molecule has 2 unspecified atom stereocenters. The molecule has 0 aliphatic carbocycles. The van der Waals surface area contributed by atoms with Crippen molar-refractivity contribution in [1.82, 2.24) is 0 Å². The summed E-state index contributed by atoms with van der Waals surface area (Å²) in [6.07, 6.45) is 0. The summed E-state index contributed by atoms with van der Waals surface area (Å²) < 4.78 is 64.0. The fourth-order valence-corrected chi connectivity index (χ4v) is 7.18. The highest BCUT2D eigenvalue weighted by atomic mass is 31.3. The lowest BCUT2D eigenvalue weighted by Crippen LogP contribution is -2.17. The molecule has 10 heteroatoms. The first kappa shape index (κ1) is 15.5. The third kappa shape index (κ3) is 3.76. The second-order valence-electron chi connectivity index (χ2n) is 3.57. The maximum absolute atomic E-state index is 13.2. The predicted molar refractivity (Wildman–Crippen MR) is 54.8 cm³/mol. The summed E-state index contributed by atoms with van der Waals surface area (Å²) in [5, 5.41) is -4.39. The standard InChI is InChI=1S/C5H13F2O5P3/c1-13(2,8)12-15(4,11)5(6,7)14(3,9)10/h1-4H3,(H,9,10). The van der Waals surface area contributed by atoms with Crippen LogP contribution in [0.2, 0.25) is 0 Å². The van der Waals surface area contributed by atoms with E-state index in [1.807, 2.05) is 0 Å². The van der Waals surface area contributed by atoms with Crippen molar-refractivity contribution in [2.75, 3.05) is 26.7 Å². The Morgan fingerprint density at radius 2 is 1.40 bits per heavy atom. The van der Waals surface area contributed by atoms with Gasteiger partial charge in [0, 0.05) is 26.7 Å². The first-order chi connectivity index (χ1) is 6.21. The van der Waals surface area contributed by atoms with Gasteiger partial charge in [-0.25, -0.2) is 0 Å². The summed E-state index contributed by atoms with van der Waals surface area (Å²) in [4.78, 5) is 8.74. The van der Waals surface area contributed by atoms with Crippen molar-refractivity contribution in [3.05, 3.63) is 0 Å². The van der Waals surface area contributed by atoms with Gasteiger partial charge in [-0.05, 0) is 0 Å². The molecule has 0 aromatic rings. The Hall–Kier alpha value is 0.470. The van der Waals surface area contributed by atoms with Crippen LogP contribution in [0.15, 0.2) is 0 Å². The second kappa shape index (κ2) is 4.05. The van der Waals surface area contributed by atoms with Gasteiger partial charge in [0.05, 0.1) is 0 Å². The van der Waals surface area contributed by atoms with Crippen LogP contribution in [0, 0.1) is 0 Å². The number of rotatable bonds is 4. The van der Waals surface area contributed by atoms with E-state index < -0.39 is 27.5 Å². The summed E-state index contributed by atoms with van der Waals surface area (Å²) in [6.45, 7) is 2.87. The van der Waals surface area contributed by atoms with E-state index in [-0.39, 0.29) is 0 Å². The topological polar surface area (TPSA) is 80.7 Å². The molecule has 0 saturated heterocycles. The molecule has 0 fully saturated rings. The lowest BCUT2D eigenvalue weighted by atomic mass is 11.6. The molecule has 0 aromatic heterocycles. The maximum atomic E-state index is 13.2. The highest BCUT2D eigenvalue weighted by Crippen LogP contribution is 2.77. The van der Waals surface area contributed by atoms with Crippen molar-refractivity contribution in [1.29, 1.82) is 0 Å². The molecule has 0 radical (unpaired) electrons. The van der Waals surface area contributed by atoms with E-state index in [0.717, 1.165) is 13.3 Å². The predicted octanol–water partition coefficient (Wildman–Crippen LogP) is 2.90. The molecule has 5 nitrogen and oxygen atoms in total. The lowest BCUT2D eigenvalue weighted by Gasteiger charge is -2.26. The Morgan fingerprint density at radius 3 is 1.60 bits per heavy atom. The zero-order chi connectivity index (χ0) is 12.7. The summed E-state index contributed by atoms with van der Waals surface area (Å²) in [5.74, 6) is 0. The van der Waals surface area contributed by atoms with Crippen LogP contribution < -0.4 is 0 Å². The minimum atomic E-state index is -4.92. The Labute approximate surface area is 86.6 Å². The van der Waals surface area contributed by atoms with Gasteiger partial charge in [0.15, 0.2) is 0 Å². The van der Waals surface area contributed by atoms with Gasteiger partial charge in [0.1, 0.15) is 0 Å². The van der Waals surface area contributed by atoms with Gasteiger partial charge in [0.25, 0.3) is 14.7 Å². The third-order valence-electron chi connectivity index (χ3n) is 1.34. The van der Waals surface area contributed by atoms with Crippen molar-refractivity contribution >= 4 is 22.1 Å². The summed E-state index contributed by atoms with van der Waals surface area (Å²) >= 11 is 0. The molecule has 0 bridgehead atoms. The quantitative estimate of drug-likeness (QED) is 0.803. The van der Waals surface area contributed by atoms with Crippen LogP contribution in [0.3, 0.4) is 0 Å². The molecular formula is C5H13F2O5P3. The fraction of sp³-hybridized carbons (Fsp3) is 1.00. The Morgan fingerprint density at radius 1 is 1.07 bits per heavy atom. The van der Waals surface area contributed by atoms with E-state index >= 15 is 0 Å². The van der Waals surface area contributed by atoms with Gasteiger partial charge in [-0.1, -0.05) is 0 Å². The molecular weight excluding hydrogens is 271 g/mol. The molecule has 1 N–H and O–H groups in total. The third-order valence-corrected chi connectivity index (χ3v) is 8.34. The molecule has 0 aliphatic rings. The molecule has 0 heterocycles. The molecule has 2 atom stereocenters. The van der Waals surface area contributed by atoms with Gasteiger partial charge in [-0.15, -0.1) is 0 Å². The number of alkyl halides is 2. The van der Waals surface area contributed by atoms with Crippen molar-refractivity contribution < 1.29 is 31.7 Å². The van der Waals surface area contributed by atoms with E-state index in [1.54, 1.807) is 0 Å². The SMILES string of the molecule is CP(C)(=O)OP(C)(=O)C(F)(F)P(C)(=O)O. The van der Waals surface area contributed by atoms with Gasteiger partial charge >= 0.3 is 5.40 Å². The minimum Gasteiger partial charge on any atom is -0.340 e. The normalized spacial score (nSPS) is 21.8. The molecule has 0 aromatic carbocycles. The van der Waals surface area contributed by atoms with Crippen LogP contribution in [0.25, 0.3) is 0 Å².